The molecule has 1 aromatic rings. The molecule has 0 spiro atoms. The van der Waals surface area contributed by atoms with E-state index in [4.69, 9.17) is 11.5 Å². The minimum Gasteiger partial charge on any atom is -0.383 e. The van der Waals surface area contributed by atoms with Gasteiger partial charge in [0, 0.05) is 12.1 Å². The van der Waals surface area contributed by atoms with Crippen molar-refractivity contribution in [3.05, 3.63) is 11.9 Å². The molecular weight excluding hydrogens is 218 g/mol. The molecule has 1 saturated heterocycles. The van der Waals surface area contributed by atoms with Crippen LogP contribution in [0.1, 0.15) is 25.3 Å². The van der Waals surface area contributed by atoms with Crippen LogP contribution in [-0.4, -0.2) is 28.5 Å². The van der Waals surface area contributed by atoms with E-state index in [-0.39, 0.29) is 11.9 Å². The number of amides is 1. The Kier molecular flexibility index (Phi) is 3.12. The number of nitrogens with two attached hydrogens (primary N) is 2. The predicted octanol–water partition coefficient (Wildman–Crippen LogP) is 0.0753. The summed E-state index contributed by atoms with van der Waals surface area (Å²) in [5.41, 5.74) is 12.1. The molecular formula is C11H17N5O. The lowest BCUT2D eigenvalue weighted by molar-refractivity contribution is -0.119. The minimum absolute atomic E-state index is 0.269. The lowest BCUT2D eigenvalue weighted by Crippen LogP contribution is -2.41. The maximum absolute atomic E-state index is 11.4. The number of aromatic nitrogens is 2. The monoisotopic (exact) mass is 235 g/mol. The first-order chi connectivity index (χ1) is 8.15. The van der Waals surface area contributed by atoms with Gasteiger partial charge in [0.15, 0.2) is 0 Å². The van der Waals surface area contributed by atoms with Crippen LogP contribution in [0.4, 0.5) is 11.6 Å². The van der Waals surface area contributed by atoms with Crippen LogP contribution in [0.15, 0.2) is 6.33 Å². The van der Waals surface area contributed by atoms with Gasteiger partial charge in [-0.05, 0) is 19.3 Å². The molecule has 0 aromatic carbocycles. The smallest absolute Gasteiger partial charge is 0.240 e. The van der Waals surface area contributed by atoms with E-state index in [1.807, 2.05) is 11.8 Å². The van der Waals surface area contributed by atoms with E-state index in [0.29, 0.717) is 5.82 Å². The van der Waals surface area contributed by atoms with Gasteiger partial charge in [0.2, 0.25) is 5.91 Å². The van der Waals surface area contributed by atoms with E-state index in [1.165, 1.54) is 6.33 Å². The highest BCUT2D eigenvalue weighted by Gasteiger charge is 2.31. The highest BCUT2D eigenvalue weighted by Crippen LogP contribution is 2.28. The number of anilines is 2. The number of rotatable bonds is 3. The molecule has 0 saturated carbocycles. The fraction of sp³-hybridized carbons (Fsp3) is 0.545. The second-order valence-electron chi connectivity index (χ2n) is 4.17. The molecule has 1 amide bonds. The summed E-state index contributed by atoms with van der Waals surface area (Å²) in [6.07, 6.45) is 3.90. The van der Waals surface area contributed by atoms with Crippen molar-refractivity contribution in [2.75, 3.05) is 17.2 Å². The highest BCUT2D eigenvalue weighted by molar-refractivity contribution is 5.84. The lowest BCUT2D eigenvalue weighted by atomic mass is 10.1. The SMILES string of the molecule is CCc1c(N)ncnc1N1CCCC1C(N)=O. The fourth-order valence-electron chi connectivity index (χ4n) is 2.32. The van der Waals surface area contributed by atoms with Gasteiger partial charge in [0.25, 0.3) is 0 Å². The lowest BCUT2D eigenvalue weighted by Gasteiger charge is -2.25. The molecule has 2 rings (SSSR count). The average molecular weight is 235 g/mol. The first kappa shape index (κ1) is 11.6. The van der Waals surface area contributed by atoms with Crippen LogP contribution in [0.3, 0.4) is 0 Å². The topological polar surface area (TPSA) is 98.1 Å². The van der Waals surface area contributed by atoms with Crippen molar-refractivity contribution in [3.8, 4) is 0 Å². The van der Waals surface area contributed by atoms with E-state index in [1.54, 1.807) is 0 Å². The molecule has 1 aromatic heterocycles. The zero-order valence-corrected chi connectivity index (χ0v) is 9.89. The van der Waals surface area contributed by atoms with E-state index < -0.39 is 0 Å². The largest absolute Gasteiger partial charge is 0.383 e. The number of primary amides is 1. The molecule has 0 aliphatic carbocycles. The molecule has 92 valence electrons. The van der Waals surface area contributed by atoms with Crippen LogP contribution in [0.25, 0.3) is 0 Å². The third kappa shape index (κ3) is 2.02. The number of nitrogens with zero attached hydrogens (tertiary/aromatic N) is 3. The Labute approximate surface area is 100 Å². The summed E-state index contributed by atoms with van der Waals surface area (Å²) >= 11 is 0. The Hall–Kier alpha value is -1.85. The molecule has 0 bridgehead atoms. The second-order valence-corrected chi connectivity index (χ2v) is 4.17. The van der Waals surface area contributed by atoms with Gasteiger partial charge in [-0.15, -0.1) is 0 Å². The Morgan fingerprint density at radius 1 is 1.59 bits per heavy atom. The maximum Gasteiger partial charge on any atom is 0.240 e. The summed E-state index contributed by atoms with van der Waals surface area (Å²) < 4.78 is 0. The van der Waals surface area contributed by atoms with Crippen molar-refractivity contribution in [2.24, 2.45) is 5.73 Å². The molecule has 1 fully saturated rings. The summed E-state index contributed by atoms with van der Waals surface area (Å²) in [5.74, 6) is 0.927. The van der Waals surface area contributed by atoms with Crippen molar-refractivity contribution >= 4 is 17.5 Å². The van der Waals surface area contributed by atoms with Gasteiger partial charge in [0.05, 0.1) is 0 Å². The second kappa shape index (κ2) is 4.57. The third-order valence-corrected chi connectivity index (χ3v) is 3.16. The summed E-state index contributed by atoms with van der Waals surface area (Å²) in [7, 11) is 0. The number of nitrogen functional groups attached to an aromatic ring is 1. The molecule has 6 nitrogen and oxygen atoms in total. The highest BCUT2D eigenvalue weighted by atomic mass is 16.1. The van der Waals surface area contributed by atoms with Gasteiger partial charge in [-0.1, -0.05) is 6.92 Å². The van der Waals surface area contributed by atoms with Crippen LogP contribution in [-0.2, 0) is 11.2 Å². The molecule has 6 heteroatoms. The number of carbonyl (C=O) groups excluding carboxylic acids is 1. The Morgan fingerprint density at radius 2 is 2.35 bits per heavy atom. The normalized spacial score (nSPS) is 19.6. The molecule has 2 heterocycles. The van der Waals surface area contributed by atoms with Crippen molar-refractivity contribution in [1.82, 2.24) is 9.97 Å². The van der Waals surface area contributed by atoms with Gasteiger partial charge >= 0.3 is 0 Å². The average Bonchev–Trinajstić information content (AvgIpc) is 2.77. The van der Waals surface area contributed by atoms with Gasteiger partial charge < -0.3 is 16.4 Å². The summed E-state index contributed by atoms with van der Waals surface area (Å²) in [4.78, 5) is 21.5. The molecule has 1 aliphatic heterocycles. The molecule has 1 unspecified atom stereocenters. The first-order valence-electron chi connectivity index (χ1n) is 5.80. The zero-order chi connectivity index (χ0) is 12.4. The van der Waals surface area contributed by atoms with Crippen LogP contribution in [0.2, 0.25) is 0 Å². The van der Waals surface area contributed by atoms with E-state index >= 15 is 0 Å². The summed E-state index contributed by atoms with van der Waals surface area (Å²) in [6, 6.07) is -0.269. The van der Waals surface area contributed by atoms with Crippen LogP contribution in [0.5, 0.6) is 0 Å². The fourth-order valence-corrected chi connectivity index (χ4v) is 2.32. The molecule has 4 N–H and O–H groups in total. The van der Waals surface area contributed by atoms with Crippen LogP contribution >= 0.6 is 0 Å². The van der Waals surface area contributed by atoms with Gasteiger partial charge in [-0.25, -0.2) is 9.97 Å². The van der Waals surface area contributed by atoms with E-state index in [0.717, 1.165) is 37.2 Å². The molecule has 1 aliphatic rings. The van der Waals surface area contributed by atoms with Crippen molar-refractivity contribution in [1.29, 1.82) is 0 Å². The van der Waals surface area contributed by atoms with Crippen molar-refractivity contribution in [3.63, 3.8) is 0 Å². The minimum atomic E-state index is -0.304. The summed E-state index contributed by atoms with van der Waals surface area (Å²) in [6.45, 7) is 2.78. The number of hydrogen-bond acceptors (Lipinski definition) is 5. The Bertz CT molecular complexity index is 434. The Balaban J connectivity index is 2.39. The molecule has 17 heavy (non-hydrogen) atoms. The van der Waals surface area contributed by atoms with E-state index in [2.05, 4.69) is 9.97 Å². The molecule has 1 atom stereocenters. The Morgan fingerprint density at radius 3 is 3.00 bits per heavy atom. The first-order valence-corrected chi connectivity index (χ1v) is 5.80. The van der Waals surface area contributed by atoms with Gasteiger partial charge in [0.1, 0.15) is 24.0 Å². The number of carbonyl (C=O) groups is 1. The predicted molar refractivity (Wildman–Crippen MR) is 65.4 cm³/mol. The third-order valence-electron chi connectivity index (χ3n) is 3.16. The van der Waals surface area contributed by atoms with Crippen LogP contribution < -0.4 is 16.4 Å². The van der Waals surface area contributed by atoms with Gasteiger partial charge in [-0.3, -0.25) is 4.79 Å². The van der Waals surface area contributed by atoms with Crippen molar-refractivity contribution < 1.29 is 4.79 Å². The van der Waals surface area contributed by atoms with Crippen molar-refractivity contribution in [2.45, 2.75) is 32.2 Å². The molecule has 0 radical (unpaired) electrons. The summed E-state index contributed by atoms with van der Waals surface area (Å²) in [5, 5.41) is 0. The quantitative estimate of drug-likeness (QED) is 0.772. The van der Waals surface area contributed by atoms with Gasteiger partial charge in [-0.2, -0.15) is 0 Å². The zero-order valence-electron chi connectivity index (χ0n) is 9.89. The number of hydrogen-bond donors (Lipinski definition) is 2. The van der Waals surface area contributed by atoms with E-state index in [9.17, 15) is 4.79 Å². The maximum atomic E-state index is 11.4. The van der Waals surface area contributed by atoms with Crippen LogP contribution in [0, 0.1) is 0 Å². The standard InChI is InChI=1S/C11H17N5O/c1-2-7-9(12)14-6-15-11(7)16-5-3-4-8(16)10(13)17/h6,8H,2-5H2,1H3,(H2,13,17)(H2,12,14,15).